The predicted molar refractivity (Wildman–Crippen MR) is 106 cm³/mol. The molecule has 0 spiro atoms. The summed E-state index contributed by atoms with van der Waals surface area (Å²) in [5.41, 5.74) is 2.44. The molecule has 1 aromatic carbocycles. The molecule has 1 heterocycles. The summed E-state index contributed by atoms with van der Waals surface area (Å²) in [5.74, 6) is -0.422. The summed E-state index contributed by atoms with van der Waals surface area (Å²) in [7, 11) is 0. The third-order valence-electron chi connectivity index (χ3n) is 4.29. The van der Waals surface area contributed by atoms with Crippen molar-refractivity contribution in [3.05, 3.63) is 65.0 Å². The lowest BCUT2D eigenvalue weighted by molar-refractivity contribution is -0.0514. The Hall–Kier alpha value is -3.40. The molecule has 2 aromatic rings. The van der Waals surface area contributed by atoms with Gasteiger partial charge in [-0.25, -0.2) is 0 Å². The van der Waals surface area contributed by atoms with Crippen LogP contribution in [0.3, 0.4) is 0 Å². The largest absolute Gasteiger partial charge is 0.490 e. The van der Waals surface area contributed by atoms with Crippen molar-refractivity contribution in [3.8, 4) is 17.6 Å². The smallest absolute Gasteiger partial charge is 0.387 e. The molecule has 152 valence electrons. The number of ketones is 1. The van der Waals surface area contributed by atoms with Crippen molar-refractivity contribution in [2.75, 3.05) is 6.61 Å². The molecule has 0 aliphatic heterocycles. The van der Waals surface area contributed by atoms with Crippen LogP contribution in [-0.2, 0) is 6.54 Å². The number of nitriles is 1. The van der Waals surface area contributed by atoms with Crippen LogP contribution in [0.2, 0.25) is 0 Å². The van der Waals surface area contributed by atoms with Gasteiger partial charge in [-0.1, -0.05) is 12.1 Å². The van der Waals surface area contributed by atoms with E-state index in [-0.39, 0.29) is 23.7 Å². The Labute approximate surface area is 168 Å². The monoisotopic (exact) mass is 400 g/mol. The highest BCUT2D eigenvalue weighted by molar-refractivity contribution is 6.14. The number of alkyl halides is 2. The molecule has 0 radical (unpaired) electrons. The number of halogens is 2. The predicted octanol–water partition coefficient (Wildman–Crippen LogP) is 5.08. The first-order chi connectivity index (χ1) is 13.8. The second-order valence-electron chi connectivity index (χ2n) is 6.20. The van der Waals surface area contributed by atoms with E-state index in [2.05, 4.69) is 11.3 Å². The second kappa shape index (κ2) is 9.69. The zero-order valence-electron chi connectivity index (χ0n) is 16.5. The fraction of sp³-hybridized carbons (Fsp3) is 0.273. The van der Waals surface area contributed by atoms with E-state index in [0.717, 1.165) is 11.4 Å². The van der Waals surface area contributed by atoms with Crippen molar-refractivity contribution < 1.29 is 23.0 Å². The molecular weight excluding hydrogens is 378 g/mol. The lowest BCUT2D eigenvalue weighted by Crippen LogP contribution is -2.06. The van der Waals surface area contributed by atoms with Gasteiger partial charge in [0.05, 0.1) is 6.61 Å². The molecule has 0 saturated heterocycles. The number of allylic oxidation sites excluding steroid dienone is 2. The van der Waals surface area contributed by atoms with Crippen LogP contribution in [0, 0.1) is 25.2 Å². The number of rotatable bonds is 9. The summed E-state index contributed by atoms with van der Waals surface area (Å²) in [6, 6.07) is 7.91. The van der Waals surface area contributed by atoms with E-state index >= 15 is 0 Å². The van der Waals surface area contributed by atoms with E-state index < -0.39 is 12.4 Å². The number of Topliss-reactive ketones (excluding diaryl/α,β-unsaturated/α-hetero) is 1. The molecule has 0 atom stereocenters. The Balaban J connectivity index is 2.42. The Morgan fingerprint density at radius 3 is 2.62 bits per heavy atom. The lowest BCUT2D eigenvalue weighted by Gasteiger charge is -2.12. The molecule has 0 unspecified atom stereocenters. The van der Waals surface area contributed by atoms with E-state index in [0.29, 0.717) is 17.7 Å². The molecule has 7 heteroatoms. The molecule has 5 nitrogen and oxygen atoms in total. The highest BCUT2D eigenvalue weighted by Gasteiger charge is 2.19. The maximum atomic E-state index is 12.9. The van der Waals surface area contributed by atoms with E-state index in [1.165, 1.54) is 24.3 Å². The van der Waals surface area contributed by atoms with Gasteiger partial charge in [-0.05, 0) is 50.6 Å². The second-order valence-corrected chi connectivity index (χ2v) is 6.20. The third-order valence-corrected chi connectivity index (χ3v) is 4.29. The molecule has 0 bridgehead atoms. The number of ether oxygens (including phenoxy) is 2. The minimum absolute atomic E-state index is 0.0752. The van der Waals surface area contributed by atoms with Gasteiger partial charge in [0.15, 0.2) is 11.5 Å². The summed E-state index contributed by atoms with van der Waals surface area (Å²) >= 11 is 0. The molecule has 29 heavy (non-hydrogen) atoms. The number of carbonyl (C=O) groups is 1. The molecule has 2 rings (SSSR count). The number of nitrogens with zero attached hydrogens (tertiary/aromatic N) is 2. The van der Waals surface area contributed by atoms with Gasteiger partial charge >= 0.3 is 6.61 Å². The first-order valence-corrected chi connectivity index (χ1v) is 8.98. The van der Waals surface area contributed by atoms with Crippen molar-refractivity contribution in [1.29, 1.82) is 5.26 Å². The quantitative estimate of drug-likeness (QED) is 0.255. The summed E-state index contributed by atoms with van der Waals surface area (Å²) in [4.78, 5) is 12.9. The van der Waals surface area contributed by atoms with Crippen LogP contribution >= 0.6 is 0 Å². The SMILES string of the molecule is C=CCn1c(C)cc(C(=O)/C(C#N)=C/c2ccc(OC(F)F)c(OCC)c2)c1C. The van der Waals surface area contributed by atoms with Crippen molar-refractivity contribution >= 4 is 11.9 Å². The molecule has 0 amide bonds. The van der Waals surface area contributed by atoms with E-state index in [4.69, 9.17) is 4.74 Å². The van der Waals surface area contributed by atoms with Crippen LogP contribution in [0.15, 0.2) is 42.5 Å². The van der Waals surface area contributed by atoms with Gasteiger partial charge in [-0.2, -0.15) is 14.0 Å². The molecule has 0 N–H and O–H groups in total. The number of carbonyl (C=O) groups excluding carboxylic acids is 1. The zero-order valence-corrected chi connectivity index (χ0v) is 16.5. The number of hydrogen-bond donors (Lipinski definition) is 0. The molecule has 0 saturated carbocycles. The van der Waals surface area contributed by atoms with Crippen LogP contribution in [0.25, 0.3) is 6.08 Å². The van der Waals surface area contributed by atoms with Crippen LogP contribution < -0.4 is 9.47 Å². The summed E-state index contributed by atoms with van der Waals surface area (Å²) < 4.78 is 36.8. The van der Waals surface area contributed by atoms with E-state index in [1.807, 2.05) is 24.5 Å². The van der Waals surface area contributed by atoms with Crippen molar-refractivity contribution in [3.63, 3.8) is 0 Å². The highest BCUT2D eigenvalue weighted by Crippen LogP contribution is 2.31. The average Bonchev–Trinajstić information content (AvgIpc) is 2.96. The van der Waals surface area contributed by atoms with Gasteiger partial charge in [0.1, 0.15) is 11.6 Å². The van der Waals surface area contributed by atoms with Gasteiger partial charge in [0.2, 0.25) is 5.78 Å². The Bertz CT molecular complexity index is 985. The first-order valence-electron chi connectivity index (χ1n) is 8.98. The molecule has 0 aliphatic rings. The lowest BCUT2D eigenvalue weighted by atomic mass is 10.0. The average molecular weight is 400 g/mol. The van der Waals surface area contributed by atoms with Crippen LogP contribution in [0.4, 0.5) is 8.78 Å². The van der Waals surface area contributed by atoms with E-state index in [1.54, 1.807) is 19.1 Å². The normalized spacial score (nSPS) is 11.3. The molecule has 0 fully saturated rings. The standard InChI is InChI=1S/C22H22F2N2O3/c1-5-9-26-14(3)10-18(15(26)4)21(27)17(13-25)11-16-7-8-19(29-22(23)24)20(12-16)28-6-2/h5,7-8,10-12,22H,1,6,9H2,2-4H3/b17-11+. The minimum atomic E-state index is -2.99. The van der Waals surface area contributed by atoms with Crippen molar-refractivity contribution in [2.24, 2.45) is 0 Å². The highest BCUT2D eigenvalue weighted by atomic mass is 19.3. The molecule has 1 aromatic heterocycles. The number of benzene rings is 1. The van der Waals surface area contributed by atoms with Gasteiger partial charge in [0.25, 0.3) is 0 Å². The summed E-state index contributed by atoms with van der Waals surface area (Å²) in [5, 5.41) is 9.52. The Morgan fingerprint density at radius 2 is 2.03 bits per heavy atom. The zero-order chi connectivity index (χ0) is 21.6. The maximum Gasteiger partial charge on any atom is 0.387 e. The van der Waals surface area contributed by atoms with Crippen molar-refractivity contribution in [2.45, 2.75) is 33.9 Å². The minimum Gasteiger partial charge on any atom is -0.490 e. The van der Waals surface area contributed by atoms with Gasteiger partial charge < -0.3 is 14.0 Å². The van der Waals surface area contributed by atoms with Crippen molar-refractivity contribution in [1.82, 2.24) is 4.57 Å². The van der Waals surface area contributed by atoms with Gasteiger partial charge in [0, 0.05) is 23.5 Å². The molecule has 0 aliphatic carbocycles. The fourth-order valence-corrected chi connectivity index (χ4v) is 2.98. The van der Waals surface area contributed by atoms with Crippen LogP contribution in [0.1, 0.15) is 34.2 Å². The first kappa shape index (κ1) is 21.9. The number of aromatic nitrogens is 1. The topological polar surface area (TPSA) is 64.2 Å². The number of hydrogen-bond acceptors (Lipinski definition) is 4. The molecular formula is C22H22F2N2O3. The van der Waals surface area contributed by atoms with Gasteiger partial charge in [-0.15, -0.1) is 6.58 Å². The third kappa shape index (κ3) is 5.11. The van der Waals surface area contributed by atoms with Crippen LogP contribution in [0.5, 0.6) is 11.5 Å². The summed E-state index contributed by atoms with van der Waals surface area (Å²) in [6.07, 6.45) is 3.13. The Morgan fingerprint density at radius 1 is 1.31 bits per heavy atom. The Kier molecular flexibility index (Phi) is 7.32. The van der Waals surface area contributed by atoms with Gasteiger partial charge in [-0.3, -0.25) is 4.79 Å². The van der Waals surface area contributed by atoms with E-state index in [9.17, 15) is 18.8 Å². The fourth-order valence-electron chi connectivity index (χ4n) is 2.98. The van der Waals surface area contributed by atoms with Crippen LogP contribution in [-0.4, -0.2) is 23.6 Å². The maximum absolute atomic E-state index is 12.9. The summed E-state index contributed by atoms with van der Waals surface area (Å²) in [6.45, 7) is 6.91. The number of aryl methyl sites for hydroxylation is 1.